The van der Waals surface area contributed by atoms with Crippen molar-refractivity contribution >= 4 is 34.0 Å². The molecule has 0 aliphatic carbocycles. The van der Waals surface area contributed by atoms with Crippen molar-refractivity contribution in [3.63, 3.8) is 0 Å². The van der Waals surface area contributed by atoms with Crippen LogP contribution in [0.5, 0.6) is 11.5 Å². The van der Waals surface area contributed by atoms with E-state index in [-0.39, 0.29) is 23.5 Å². The Morgan fingerprint density at radius 3 is 2.48 bits per heavy atom. The number of aliphatic imine (C=N–C) groups is 1. The van der Waals surface area contributed by atoms with E-state index < -0.39 is 0 Å². The molecule has 0 spiro atoms. The van der Waals surface area contributed by atoms with Crippen molar-refractivity contribution < 1.29 is 9.47 Å². The van der Waals surface area contributed by atoms with Crippen LogP contribution in [0.2, 0.25) is 0 Å². The molecule has 27 heavy (non-hydrogen) atoms. The molecule has 0 saturated carbocycles. The molecule has 0 unspecified atom stereocenters. The number of hydrogen-bond donors (Lipinski definition) is 0. The summed E-state index contributed by atoms with van der Waals surface area (Å²) in [5.41, 5.74) is 5.49. The second-order valence-electron chi connectivity index (χ2n) is 8.39. The maximum Gasteiger partial charge on any atom is 0.166 e. The molecule has 0 radical (unpaired) electrons. The first kappa shape index (κ1) is 20.2. The monoisotopic (exact) mass is 449 g/mol. The fourth-order valence-electron chi connectivity index (χ4n) is 4.07. The first-order valence-corrected chi connectivity index (χ1v) is 9.77. The van der Waals surface area contributed by atoms with Gasteiger partial charge in [0.1, 0.15) is 5.60 Å². The highest BCUT2D eigenvalue weighted by Gasteiger charge is 2.39. The number of nitrogens with zero attached hydrogens (tertiary/aromatic N) is 1. The summed E-state index contributed by atoms with van der Waals surface area (Å²) in [6.07, 6.45) is 1.74. The maximum absolute atomic E-state index is 6.26. The van der Waals surface area contributed by atoms with E-state index in [2.05, 4.69) is 67.9 Å². The zero-order valence-electron chi connectivity index (χ0n) is 16.4. The van der Waals surface area contributed by atoms with Gasteiger partial charge in [0.15, 0.2) is 11.5 Å². The van der Waals surface area contributed by atoms with Crippen LogP contribution in [0.4, 0.5) is 0 Å². The van der Waals surface area contributed by atoms with Crippen LogP contribution in [0.25, 0.3) is 0 Å². The highest BCUT2D eigenvalue weighted by Crippen LogP contribution is 2.48. The summed E-state index contributed by atoms with van der Waals surface area (Å²) in [6.45, 7) is 8.63. The molecule has 0 fully saturated rings. The van der Waals surface area contributed by atoms with Crippen LogP contribution >= 0.6 is 28.3 Å². The third-order valence-corrected chi connectivity index (χ3v) is 5.72. The molecule has 0 saturated heterocycles. The molecule has 0 aromatic heterocycles. The van der Waals surface area contributed by atoms with E-state index >= 15 is 0 Å². The number of methoxy groups -OCH3 is 1. The lowest BCUT2D eigenvalue weighted by Crippen LogP contribution is -2.30. The normalized spacial score (nSPS) is 18.5. The van der Waals surface area contributed by atoms with Gasteiger partial charge in [0, 0.05) is 27.6 Å². The molecule has 144 valence electrons. The third kappa shape index (κ3) is 3.50. The minimum Gasteiger partial charge on any atom is -0.493 e. The van der Waals surface area contributed by atoms with Crippen molar-refractivity contribution in [2.45, 2.75) is 51.7 Å². The van der Waals surface area contributed by atoms with Gasteiger partial charge in [-0.2, -0.15) is 0 Å². The van der Waals surface area contributed by atoms with E-state index in [0.29, 0.717) is 0 Å². The minimum absolute atomic E-state index is 0. The predicted molar refractivity (Wildman–Crippen MR) is 116 cm³/mol. The van der Waals surface area contributed by atoms with Crippen molar-refractivity contribution in [3.05, 3.63) is 57.1 Å². The Morgan fingerprint density at radius 2 is 1.81 bits per heavy atom. The van der Waals surface area contributed by atoms with Crippen LogP contribution in [0.3, 0.4) is 0 Å². The number of rotatable bonds is 2. The van der Waals surface area contributed by atoms with Gasteiger partial charge in [-0.05, 0) is 51.8 Å². The molecule has 0 bridgehead atoms. The first-order valence-electron chi connectivity index (χ1n) is 8.98. The van der Waals surface area contributed by atoms with Gasteiger partial charge in [-0.25, -0.2) is 0 Å². The molecule has 5 heteroatoms. The molecule has 4 rings (SSSR count). The largest absolute Gasteiger partial charge is 0.493 e. The molecule has 2 aromatic rings. The minimum atomic E-state index is -0.239. The van der Waals surface area contributed by atoms with E-state index in [1.807, 2.05) is 6.07 Å². The summed E-state index contributed by atoms with van der Waals surface area (Å²) in [4.78, 5) is 5.16. The zero-order valence-corrected chi connectivity index (χ0v) is 18.8. The average Bonchev–Trinajstić information content (AvgIpc) is 2.87. The second kappa shape index (κ2) is 6.82. The molecule has 0 amide bonds. The molecule has 0 N–H and O–H groups in total. The number of ether oxygens (including phenoxy) is 2. The van der Waals surface area contributed by atoms with Crippen LogP contribution in [-0.4, -0.2) is 24.0 Å². The van der Waals surface area contributed by atoms with Gasteiger partial charge in [-0.3, -0.25) is 4.99 Å². The lowest BCUT2D eigenvalue weighted by atomic mass is 9.81. The molecule has 0 atom stereocenters. The standard InChI is InChI=1S/C22H24BrNO2.ClH/c1-21(2)11-13-10-17(25-5)20-15(12-22(3,4)26-20)18(13)19(24-21)14-8-6-7-9-16(14)23;/h6-10H,11-12H2,1-5H3;1H. The van der Waals surface area contributed by atoms with Gasteiger partial charge in [0.05, 0.1) is 18.4 Å². The molecule has 2 heterocycles. The Morgan fingerprint density at radius 1 is 1.11 bits per heavy atom. The van der Waals surface area contributed by atoms with Crippen LogP contribution in [0, 0.1) is 0 Å². The topological polar surface area (TPSA) is 30.8 Å². The molecule has 2 aromatic carbocycles. The predicted octanol–water partition coefficient (Wildman–Crippen LogP) is 5.77. The molecule has 3 nitrogen and oxygen atoms in total. The molecular weight excluding hydrogens is 426 g/mol. The summed E-state index contributed by atoms with van der Waals surface area (Å²) in [6, 6.07) is 10.4. The number of fused-ring (bicyclic) bond motifs is 3. The van der Waals surface area contributed by atoms with Crippen molar-refractivity contribution in [1.29, 1.82) is 0 Å². The highest BCUT2D eigenvalue weighted by atomic mass is 79.9. The lowest BCUT2D eigenvalue weighted by molar-refractivity contribution is 0.134. The third-order valence-electron chi connectivity index (χ3n) is 5.03. The summed E-state index contributed by atoms with van der Waals surface area (Å²) < 4.78 is 13.0. The molecular formula is C22H25BrClNO2. The van der Waals surface area contributed by atoms with E-state index in [0.717, 1.165) is 40.1 Å². The quantitative estimate of drug-likeness (QED) is 0.582. The van der Waals surface area contributed by atoms with Gasteiger partial charge in [0.25, 0.3) is 0 Å². The number of benzene rings is 2. The van der Waals surface area contributed by atoms with Gasteiger partial charge in [-0.15, -0.1) is 12.4 Å². The van der Waals surface area contributed by atoms with Crippen molar-refractivity contribution in [2.24, 2.45) is 4.99 Å². The van der Waals surface area contributed by atoms with Gasteiger partial charge < -0.3 is 9.47 Å². The maximum atomic E-state index is 6.26. The van der Waals surface area contributed by atoms with Gasteiger partial charge in [-0.1, -0.05) is 34.1 Å². The zero-order chi connectivity index (χ0) is 18.7. The Balaban J connectivity index is 0.00000210. The van der Waals surface area contributed by atoms with E-state index in [4.69, 9.17) is 14.5 Å². The summed E-state index contributed by atoms with van der Waals surface area (Å²) in [5.74, 6) is 1.70. The Labute approximate surface area is 175 Å². The SMILES string of the molecule is COc1cc2c(c3c1OC(C)(C)C3)C(c1ccccc1Br)=NC(C)(C)C2.Cl. The fourth-order valence-corrected chi connectivity index (χ4v) is 4.54. The summed E-state index contributed by atoms with van der Waals surface area (Å²) in [7, 11) is 1.72. The Kier molecular flexibility index (Phi) is 5.11. The average molecular weight is 451 g/mol. The van der Waals surface area contributed by atoms with Gasteiger partial charge >= 0.3 is 0 Å². The number of hydrogen-bond acceptors (Lipinski definition) is 3. The van der Waals surface area contributed by atoms with Crippen LogP contribution < -0.4 is 9.47 Å². The number of halogens is 2. The Hall–Kier alpha value is -1.52. The lowest BCUT2D eigenvalue weighted by Gasteiger charge is -2.31. The summed E-state index contributed by atoms with van der Waals surface area (Å²) in [5, 5.41) is 0. The van der Waals surface area contributed by atoms with Crippen molar-refractivity contribution in [1.82, 2.24) is 0 Å². The fraction of sp³-hybridized carbons (Fsp3) is 0.409. The molecule has 2 aliphatic rings. The van der Waals surface area contributed by atoms with Crippen LogP contribution in [0.15, 0.2) is 39.8 Å². The van der Waals surface area contributed by atoms with E-state index in [1.165, 1.54) is 16.7 Å². The van der Waals surface area contributed by atoms with E-state index in [9.17, 15) is 0 Å². The summed E-state index contributed by atoms with van der Waals surface area (Å²) >= 11 is 3.72. The first-order chi connectivity index (χ1) is 12.2. The molecule has 2 aliphatic heterocycles. The van der Waals surface area contributed by atoms with E-state index in [1.54, 1.807) is 7.11 Å². The van der Waals surface area contributed by atoms with Crippen molar-refractivity contribution in [2.75, 3.05) is 7.11 Å². The Bertz CT molecular complexity index is 934. The highest BCUT2D eigenvalue weighted by molar-refractivity contribution is 9.10. The smallest absolute Gasteiger partial charge is 0.166 e. The van der Waals surface area contributed by atoms with Crippen LogP contribution in [0.1, 0.15) is 49.9 Å². The van der Waals surface area contributed by atoms with Gasteiger partial charge in [0.2, 0.25) is 0 Å². The second-order valence-corrected chi connectivity index (χ2v) is 9.24. The van der Waals surface area contributed by atoms with Crippen molar-refractivity contribution in [3.8, 4) is 11.5 Å². The van der Waals surface area contributed by atoms with Crippen LogP contribution in [-0.2, 0) is 12.8 Å².